The Labute approximate surface area is 161 Å². The molecule has 0 aliphatic carbocycles. The van der Waals surface area contributed by atoms with E-state index in [4.69, 9.17) is 4.74 Å². The van der Waals surface area contributed by atoms with Gasteiger partial charge < -0.3 is 15.4 Å². The molecule has 0 bridgehead atoms. The van der Waals surface area contributed by atoms with Crippen LogP contribution >= 0.6 is 0 Å². The summed E-state index contributed by atoms with van der Waals surface area (Å²) >= 11 is 0. The molecule has 2 rings (SSSR count). The lowest BCUT2D eigenvalue weighted by Gasteiger charge is -2.29. The van der Waals surface area contributed by atoms with Crippen LogP contribution < -0.4 is 10.6 Å². The van der Waals surface area contributed by atoms with E-state index in [1.54, 1.807) is 24.3 Å². The number of hydrogen-bond acceptors (Lipinski definition) is 4. The van der Waals surface area contributed by atoms with E-state index in [9.17, 15) is 14.4 Å². The van der Waals surface area contributed by atoms with Crippen molar-refractivity contribution < 1.29 is 19.1 Å². The highest BCUT2D eigenvalue weighted by molar-refractivity contribution is 5.99. The Morgan fingerprint density at radius 3 is 2.48 bits per heavy atom. The molecular weight excluding hydrogens is 344 g/mol. The minimum atomic E-state index is -0.724. The summed E-state index contributed by atoms with van der Waals surface area (Å²) in [6.45, 7) is 8.10. The Bertz CT molecular complexity index is 672. The van der Waals surface area contributed by atoms with Gasteiger partial charge in [0.25, 0.3) is 5.91 Å². The predicted octanol–water partition coefficient (Wildman–Crippen LogP) is 2.47. The second-order valence-corrected chi connectivity index (χ2v) is 7.82. The summed E-state index contributed by atoms with van der Waals surface area (Å²) in [6, 6.07) is 7.42. The lowest BCUT2D eigenvalue weighted by atomic mass is 9.83. The third-order valence-electron chi connectivity index (χ3n) is 5.23. The van der Waals surface area contributed by atoms with E-state index in [0.717, 1.165) is 6.42 Å². The zero-order valence-electron chi connectivity index (χ0n) is 16.6. The number of hydrogen-bond donors (Lipinski definition) is 2. The molecular formula is C21H30N2O4. The molecule has 0 radical (unpaired) electrons. The minimum absolute atomic E-state index is 0.0188. The van der Waals surface area contributed by atoms with E-state index in [2.05, 4.69) is 31.4 Å². The first-order chi connectivity index (χ1) is 12.8. The van der Waals surface area contributed by atoms with Gasteiger partial charge in [-0.2, -0.15) is 0 Å². The van der Waals surface area contributed by atoms with Crippen LogP contribution in [0.4, 0.5) is 0 Å². The highest BCUT2D eigenvalue weighted by atomic mass is 16.5. The van der Waals surface area contributed by atoms with Crippen molar-refractivity contribution in [3.63, 3.8) is 0 Å². The summed E-state index contributed by atoms with van der Waals surface area (Å²) in [5.41, 5.74) is 0.364. The van der Waals surface area contributed by atoms with Gasteiger partial charge in [0, 0.05) is 5.56 Å². The number of Topliss-reactive ketones (excluding diaryl/α,β-unsaturated/α-hetero) is 1. The highest BCUT2D eigenvalue weighted by Crippen LogP contribution is 2.26. The van der Waals surface area contributed by atoms with Crippen LogP contribution in [0.15, 0.2) is 30.3 Å². The molecule has 1 heterocycles. The summed E-state index contributed by atoms with van der Waals surface area (Å²) in [5.74, 6) is -0.773. The Hall–Kier alpha value is -2.21. The van der Waals surface area contributed by atoms with E-state index in [-0.39, 0.29) is 35.7 Å². The maximum absolute atomic E-state index is 12.9. The van der Waals surface area contributed by atoms with Gasteiger partial charge in [-0.3, -0.25) is 14.4 Å². The van der Waals surface area contributed by atoms with Crippen LogP contribution in [0.2, 0.25) is 0 Å². The van der Waals surface area contributed by atoms with Crippen LogP contribution in [0, 0.1) is 5.41 Å². The largest absolute Gasteiger partial charge is 0.368 e. The van der Waals surface area contributed by atoms with E-state index in [1.807, 2.05) is 13.0 Å². The molecule has 1 saturated heterocycles. The Morgan fingerprint density at radius 2 is 1.89 bits per heavy atom. The van der Waals surface area contributed by atoms with Crippen molar-refractivity contribution in [2.75, 3.05) is 6.61 Å². The zero-order valence-corrected chi connectivity index (χ0v) is 16.6. The van der Waals surface area contributed by atoms with Crippen molar-refractivity contribution in [2.45, 2.75) is 65.1 Å². The fourth-order valence-corrected chi connectivity index (χ4v) is 3.10. The van der Waals surface area contributed by atoms with Crippen LogP contribution in [0.25, 0.3) is 0 Å². The van der Waals surface area contributed by atoms with Gasteiger partial charge >= 0.3 is 0 Å². The second-order valence-electron chi connectivity index (χ2n) is 7.82. The first-order valence-electron chi connectivity index (χ1n) is 9.58. The molecule has 0 spiro atoms. The van der Waals surface area contributed by atoms with Crippen molar-refractivity contribution in [3.8, 4) is 0 Å². The van der Waals surface area contributed by atoms with Crippen molar-refractivity contribution >= 4 is 17.6 Å². The molecule has 3 atom stereocenters. The smallest absolute Gasteiger partial charge is 0.251 e. The number of ketones is 1. The molecule has 1 aromatic rings. The number of carbonyl (C=O) groups excluding carboxylic acids is 3. The van der Waals surface area contributed by atoms with Gasteiger partial charge in [0.2, 0.25) is 5.91 Å². The van der Waals surface area contributed by atoms with Gasteiger partial charge in [-0.25, -0.2) is 0 Å². The lowest BCUT2D eigenvalue weighted by molar-refractivity contribution is -0.128. The molecule has 6 heteroatoms. The topological polar surface area (TPSA) is 84.5 Å². The summed E-state index contributed by atoms with van der Waals surface area (Å²) in [7, 11) is 0. The van der Waals surface area contributed by atoms with Crippen LogP contribution in [0.5, 0.6) is 0 Å². The van der Waals surface area contributed by atoms with Gasteiger partial charge in [-0.1, -0.05) is 52.3 Å². The van der Waals surface area contributed by atoms with E-state index in [0.29, 0.717) is 18.4 Å². The van der Waals surface area contributed by atoms with Crippen molar-refractivity contribution in [2.24, 2.45) is 5.41 Å². The fraction of sp³-hybridized carbons (Fsp3) is 0.571. The molecule has 2 N–H and O–H groups in total. The molecule has 1 aliphatic rings. The highest BCUT2D eigenvalue weighted by Gasteiger charge is 2.38. The zero-order chi connectivity index (χ0) is 20.0. The second kappa shape index (κ2) is 9.13. The molecule has 2 unspecified atom stereocenters. The first kappa shape index (κ1) is 21.1. The van der Waals surface area contributed by atoms with Crippen molar-refractivity contribution in [1.29, 1.82) is 0 Å². The Morgan fingerprint density at radius 1 is 1.22 bits per heavy atom. The number of nitrogens with one attached hydrogen (secondary N) is 2. The lowest BCUT2D eigenvalue weighted by Crippen LogP contribution is -2.54. The van der Waals surface area contributed by atoms with Crippen LogP contribution in [0.3, 0.4) is 0 Å². The number of amides is 2. The maximum atomic E-state index is 12.9. The van der Waals surface area contributed by atoms with Crippen LogP contribution in [-0.4, -0.2) is 42.4 Å². The van der Waals surface area contributed by atoms with Crippen LogP contribution in [-0.2, 0) is 14.3 Å². The average Bonchev–Trinajstić information content (AvgIpc) is 3.01. The molecule has 1 aromatic carbocycles. The number of ether oxygens (including phenoxy) is 1. The summed E-state index contributed by atoms with van der Waals surface area (Å²) in [5, 5.41) is 5.65. The summed E-state index contributed by atoms with van der Waals surface area (Å²) < 4.78 is 5.43. The van der Waals surface area contributed by atoms with Gasteiger partial charge in [0.05, 0.1) is 6.10 Å². The normalized spacial score (nSPS) is 21.0. The molecule has 1 fully saturated rings. The Balaban J connectivity index is 2.14. The van der Waals surface area contributed by atoms with E-state index in [1.165, 1.54) is 0 Å². The molecule has 6 nitrogen and oxygen atoms in total. The number of carbonyl (C=O) groups is 3. The Kier molecular flexibility index (Phi) is 7.13. The van der Waals surface area contributed by atoms with Crippen molar-refractivity contribution in [3.05, 3.63) is 35.9 Å². The third kappa shape index (κ3) is 5.63. The van der Waals surface area contributed by atoms with Gasteiger partial charge in [-0.05, 0) is 30.4 Å². The molecule has 0 aromatic heterocycles. The van der Waals surface area contributed by atoms with E-state index >= 15 is 0 Å². The van der Waals surface area contributed by atoms with Gasteiger partial charge in [0.1, 0.15) is 18.7 Å². The fourth-order valence-electron chi connectivity index (χ4n) is 3.10. The maximum Gasteiger partial charge on any atom is 0.251 e. The van der Waals surface area contributed by atoms with Crippen molar-refractivity contribution in [1.82, 2.24) is 10.6 Å². The predicted molar refractivity (Wildman–Crippen MR) is 103 cm³/mol. The van der Waals surface area contributed by atoms with E-state index < -0.39 is 12.1 Å². The van der Waals surface area contributed by atoms with Crippen LogP contribution in [0.1, 0.15) is 57.3 Å². The minimum Gasteiger partial charge on any atom is -0.368 e. The standard InChI is InChI=1S/C21H30N2O4/c1-5-17-18(16(24)13-27-17)23-20(26)15(12-21(3,4)6-2)22-19(25)14-10-8-7-9-11-14/h7-11,15,17-18H,5-6,12-13H2,1-4H3,(H,22,25)(H,23,26)/t15?,17-,18?/m0/s1. The SMILES string of the molecule is CC[C@@H]1OCC(=O)C1NC(=O)C(CC(C)(C)CC)NC(=O)c1ccccc1. The molecule has 2 amide bonds. The van der Waals surface area contributed by atoms with Gasteiger partial charge in [0.15, 0.2) is 5.78 Å². The molecule has 0 saturated carbocycles. The average molecular weight is 374 g/mol. The number of rotatable bonds is 8. The summed E-state index contributed by atoms with van der Waals surface area (Å²) in [4.78, 5) is 37.6. The summed E-state index contributed by atoms with van der Waals surface area (Å²) in [6.07, 6.45) is 1.66. The first-order valence-corrected chi connectivity index (χ1v) is 9.58. The molecule has 1 aliphatic heterocycles. The third-order valence-corrected chi connectivity index (χ3v) is 5.23. The monoisotopic (exact) mass is 374 g/mol. The number of benzene rings is 1. The molecule has 148 valence electrons. The molecule has 27 heavy (non-hydrogen) atoms. The quantitative estimate of drug-likeness (QED) is 0.732. The van der Waals surface area contributed by atoms with Gasteiger partial charge in [-0.15, -0.1) is 0 Å².